The SMILES string of the molecule is Cc1nn(C)c(Sc2nnnn2C2CCCC2)c1CCN. The van der Waals surface area contributed by atoms with Crippen LogP contribution in [0.25, 0.3) is 0 Å². The number of nitrogens with zero attached hydrogens (tertiary/aromatic N) is 6. The quantitative estimate of drug-likeness (QED) is 0.900. The van der Waals surface area contributed by atoms with Crippen LogP contribution < -0.4 is 5.73 Å². The molecule has 0 aromatic carbocycles. The van der Waals surface area contributed by atoms with Crippen LogP contribution in [0.15, 0.2) is 10.2 Å². The zero-order valence-electron chi connectivity index (χ0n) is 12.5. The van der Waals surface area contributed by atoms with E-state index in [4.69, 9.17) is 5.73 Å². The van der Waals surface area contributed by atoms with Crippen LogP contribution in [0.2, 0.25) is 0 Å². The molecule has 7 nitrogen and oxygen atoms in total. The number of rotatable bonds is 5. The summed E-state index contributed by atoms with van der Waals surface area (Å²) in [5.41, 5.74) is 7.95. The number of hydrogen-bond donors (Lipinski definition) is 1. The summed E-state index contributed by atoms with van der Waals surface area (Å²) in [5.74, 6) is 0. The molecule has 0 amide bonds. The Kier molecular flexibility index (Phi) is 4.25. The molecule has 2 aromatic heterocycles. The minimum atomic E-state index is 0.440. The van der Waals surface area contributed by atoms with Gasteiger partial charge in [0.05, 0.1) is 11.7 Å². The topological polar surface area (TPSA) is 87.4 Å². The lowest BCUT2D eigenvalue weighted by Crippen LogP contribution is -2.09. The maximum absolute atomic E-state index is 5.72. The van der Waals surface area contributed by atoms with Crippen LogP contribution in [0.4, 0.5) is 0 Å². The van der Waals surface area contributed by atoms with E-state index in [1.54, 1.807) is 11.8 Å². The Balaban J connectivity index is 1.89. The Labute approximate surface area is 128 Å². The van der Waals surface area contributed by atoms with Gasteiger partial charge < -0.3 is 5.73 Å². The molecule has 1 aliphatic rings. The lowest BCUT2D eigenvalue weighted by molar-refractivity contribution is 0.422. The Morgan fingerprint density at radius 2 is 2.10 bits per heavy atom. The second-order valence-electron chi connectivity index (χ2n) is 5.48. The van der Waals surface area contributed by atoms with E-state index < -0.39 is 0 Å². The first-order chi connectivity index (χ1) is 10.2. The monoisotopic (exact) mass is 307 g/mol. The number of aryl methyl sites for hydroxylation is 2. The van der Waals surface area contributed by atoms with Gasteiger partial charge in [-0.1, -0.05) is 12.8 Å². The summed E-state index contributed by atoms with van der Waals surface area (Å²) in [5, 5.41) is 18.7. The van der Waals surface area contributed by atoms with Gasteiger partial charge in [0.1, 0.15) is 5.03 Å². The lowest BCUT2D eigenvalue weighted by atomic mass is 10.2. The molecule has 1 fully saturated rings. The predicted molar refractivity (Wildman–Crippen MR) is 80.1 cm³/mol. The van der Waals surface area contributed by atoms with Crippen molar-refractivity contribution in [2.45, 2.75) is 55.3 Å². The fourth-order valence-electron chi connectivity index (χ4n) is 2.96. The maximum Gasteiger partial charge on any atom is 0.215 e. The van der Waals surface area contributed by atoms with Crippen LogP contribution in [-0.2, 0) is 13.5 Å². The number of tetrazole rings is 1. The van der Waals surface area contributed by atoms with Gasteiger partial charge in [-0.15, -0.1) is 5.10 Å². The van der Waals surface area contributed by atoms with Crippen molar-refractivity contribution in [3.05, 3.63) is 11.3 Å². The van der Waals surface area contributed by atoms with Gasteiger partial charge in [0.25, 0.3) is 0 Å². The second-order valence-corrected chi connectivity index (χ2v) is 6.43. The first kappa shape index (κ1) is 14.5. The van der Waals surface area contributed by atoms with Gasteiger partial charge >= 0.3 is 0 Å². The van der Waals surface area contributed by atoms with Crippen molar-refractivity contribution in [1.82, 2.24) is 30.0 Å². The van der Waals surface area contributed by atoms with Gasteiger partial charge in [-0.05, 0) is 54.9 Å². The van der Waals surface area contributed by atoms with Crippen LogP contribution in [0.3, 0.4) is 0 Å². The normalized spacial score (nSPS) is 16.0. The summed E-state index contributed by atoms with van der Waals surface area (Å²) >= 11 is 1.59. The molecule has 0 bridgehead atoms. The molecule has 3 rings (SSSR count). The third kappa shape index (κ3) is 2.82. The summed E-state index contributed by atoms with van der Waals surface area (Å²) in [6.07, 6.45) is 5.68. The van der Waals surface area contributed by atoms with Gasteiger partial charge in [-0.3, -0.25) is 4.68 Å². The van der Waals surface area contributed by atoms with Gasteiger partial charge in [0.2, 0.25) is 5.16 Å². The molecule has 0 spiro atoms. The molecular formula is C13H21N7S. The minimum absolute atomic E-state index is 0.440. The highest BCUT2D eigenvalue weighted by Crippen LogP contribution is 2.35. The Bertz CT molecular complexity index is 612. The van der Waals surface area contributed by atoms with Crippen LogP contribution in [0, 0.1) is 6.92 Å². The Morgan fingerprint density at radius 1 is 1.33 bits per heavy atom. The minimum Gasteiger partial charge on any atom is -0.330 e. The maximum atomic E-state index is 5.72. The van der Waals surface area contributed by atoms with E-state index in [1.165, 1.54) is 31.2 Å². The van der Waals surface area contributed by atoms with Crippen LogP contribution in [0.1, 0.15) is 43.0 Å². The zero-order chi connectivity index (χ0) is 14.8. The summed E-state index contributed by atoms with van der Waals surface area (Å²) in [6.45, 7) is 2.64. The van der Waals surface area contributed by atoms with Crippen LogP contribution >= 0.6 is 11.8 Å². The molecule has 21 heavy (non-hydrogen) atoms. The molecule has 114 valence electrons. The first-order valence-corrected chi connectivity index (χ1v) is 8.20. The van der Waals surface area contributed by atoms with E-state index in [9.17, 15) is 0 Å². The van der Waals surface area contributed by atoms with Crippen molar-refractivity contribution < 1.29 is 0 Å². The second kappa shape index (κ2) is 6.15. The third-order valence-electron chi connectivity index (χ3n) is 4.00. The highest BCUT2D eigenvalue weighted by molar-refractivity contribution is 7.99. The predicted octanol–water partition coefficient (Wildman–Crippen LogP) is 1.48. The van der Waals surface area contributed by atoms with E-state index >= 15 is 0 Å². The standard InChI is InChI=1S/C13H21N7S/c1-9-11(7-8-14)12(19(2)16-9)21-13-15-17-18-20(13)10-5-3-4-6-10/h10H,3-8,14H2,1-2H3. The van der Waals surface area contributed by atoms with Gasteiger partial charge in [0, 0.05) is 12.6 Å². The molecule has 8 heteroatoms. The zero-order valence-corrected chi connectivity index (χ0v) is 13.3. The molecule has 2 heterocycles. The van der Waals surface area contributed by atoms with E-state index in [1.807, 2.05) is 23.3 Å². The third-order valence-corrected chi connectivity index (χ3v) is 5.16. The molecule has 0 aliphatic heterocycles. The van der Waals surface area contributed by atoms with Crippen molar-refractivity contribution in [2.24, 2.45) is 12.8 Å². The fourth-order valence-corrected chi connectivity index (χ4v) is 4.03. The smallest absolute Gasteiger partial charge is 0.215 e. The van der Waals surface area contributed by atoms with Crippen molar-refractivity contribution in [2.75, 3.05) is 6.54 Å². The van der Waals surface area contributed by atoms with E-state index in [0.29, 0.717) is 12.6 Å². The van der Waals surface area contributed by atoms with Crippen molar-refractivity contribution in [3.8, 4) is 0 Å². The molecule has 0 unspecified atom stereocenters. The molecule has 2 aromatic rings. The van der Waals surface area contributed by atoms with E-state index in [2.05, 4.69) is 20.6 Å². The number of hydrogen-bond acceptors (Lipinski definition) is 6. The molecule has 1 aliphatic carbocycles. The van der Waals surface area contributed by atoms with Gasteiger partial charge in [0.15, 0.2) is 0 Å². The van der Waals surface area contributed by atoms with Crippen molar-refractivity contribution in [3.63, 3.8) is 0 Å². The summed E-state index contributed by atoms with van der Waals surface area (Å²) < 4.78 is 3.88. The highest BCUT2D eigenvalue weighted by Gasteiger charge is 2.24. The first-order valence-electron chi connectivity index (χ1n) is 7.39. The van der Waals surface area contributed by atoms with Gasteiger partial charge in [-0.25, -0.2) is 4.68 Å². The number of aromatic nitrogens is 6. The highest BCUT2D eigenvalue weighted by atomic mass is 32.2. The summed E-state index contributed by atoms with van der Waals surface area (Å²) in [6, 6.07) is 0.440. The van der Waals surface area contributed by atoms with E-state index in [-0.39, 0.29) is 0 Å². The fraction of sp³-hybridized carbons (Fsp3) is 0.692. The molecule has 0 radical (unpaired) electrons. The molecule has 2 N–H and O–H groups in total. The van der Waals surface area contributed by atoms with Crippen LogP contribution in [0.5, 0.6) is 0 Å². The average Bonchev–Trinajstić information content (AvgIpc) is 3.16. The largest absolute Gasteiger partial charge is 0.330 e. The van der Waals surface area contributed by atoms with Crippen molar-refractivity contribution >= 4 is 11.8 Å². The molecule has 0 atom stereocenters. The van der Waals surface area contributed by atoms with E-state index in [0.717, 1.165) is 22.3 Å². The van der Waals surface area contributed by atoms with Gasteiger partial charge in [-0.2, -0.15) is 5.10 Å². The molecular weight excluding hydrogens is 286 g/mol. The summed E-state index contributed by atoms with van der Waals surface area (Å²) in [7, 11) is 1.96. The molecule has 0 saturated heterocycles. The Hall–Kier alpha value is -1.41. The lowest BCUT2D eigenvalue weighted by Gasteiger charge is -2.11. The summed E-state index contributed by atoms with van der Waals surface area (Å²) in [4.78, 5) is 0. The Morgan fingerprint density at radius 3 is 2.81 bits per heavy atom. The number of nitrogens with two attached hydrogens (primary N) is 1. The van der Waals surface area contributed by atoms with Crippen molar-refractivity contribution in [1.29, 1.82) is 0 Å². The molecule has 1 saturated carbocycles. The average molecular weight is 307 g/mol. The van der Waals surface area contributed by atoms with Crippen LogP contribution in [-0.4, -0.2) is 36.5 Å².